The first-order valence-electron chi connectivity index (χ1n) is 7.26. The summed E-state index contributed by atoms with van der Waals surface area (Å²) in [5.41, 5.74) is 7.01. The van der Waals surface area contributed by atoms with Crippen LogP contribution < -0.4 is 10.5 Å². The minimum atomic E-state index is -3.26. The third kappa shape index (κ3) is 4.80. The number of anilines is 1. The summed E-state index contributed by atoms with van der Waals surface area (Å²) in [5, 5.41) is 0. The van der Waals surface area contributed by atoms with Gasteiger partial charge in [0, 0.05) is 12.2 Å². The summed E-state index contributed by atoms with van der Waals surface area (Å²) in [6, 6.07) is 6.98. The molecule has 0 aliphatic heterocycles. The summed E-state index contributed by atoms with van der Waals surface area (Å²) in [5.74, 6) is 1.23. The smallest absolute Gasteiger partial charge is 0.215 e. The number of hydrogen-bond donors (Lipinski definition) is 2. The third-order valence-electron chi connectivity index (χ3n) is 3.97. The average Bonchev–Trinajstić information content (AvgIpc) is 2.39. The third-order valence-corrected chi connectivity index (χ3v) is 5.29. The van der Waals surface area contributed by atoms with Crippen LogP contribution in [0.25, 0.3) is 0 Å². The molecule has 0 radical (unpaired) electrons. The van der Waals surface area contributed by atoms with E-state index in [9.17, 15) is 8.42 Å². The highest BCUT2D eigenvalue weighted by Crippen LogP contribution is 2.28. The zero-order chi connectivity index (χ0) is 14.6. The number of sulfonamides is 1. The first kappa shape index (κ1) is 15.3. The first-order valence-corrected chi connectivity index (χ1v) is 8.91. The fourth-order valence-electron chi connectivity index (χ4n) is 2.87. The van der Waals surface area contributed by atoms with Gasteiger partial charge in [-0.25, -0.2) is 13.1 Å². The number of benzene rings is 1. The van der Waals surface area contributed by atoms with E-state index in [0.29, 0.717) is 18.2 Å². The Kier molecular flexibility index (Phi) is 5.05. The molecule has 0 saturated heterocycles. The van der Waals surface area contributed by atoms with Gasteiger partial charge in [-0.05, 0) is 42.4 Å². The van der Waals surface area contributed by atoms with Crippen LogP contribution in [0.5, 0.6) is 0 Å². The van der Waals surface area contributed by atoms with Gasteiger partial charge in [-0.3, -0.25) is 0 Å². The Bertz CT molecular complexity index is 525. The van der Waals surface area contributed by atoms with E-state index in [4.69, 9.17) is 5.73 Å². The van der Waals surface area contributed by atoms with Crippen molar-refractivity contribution >= 4 is 15.7 Å². The Morgan fingerprint density at radius 2 is 1.95 bits per heavy atom. The lowest BCUT2D eigenvalue weighted by molar-refractivity contribution is 0.283. The Hall–Kier alpha value is -1.07. The molecule has 0 amide bonds. The van der Waals surface area contributed by atoms with Gasteiger partial charge in [0.25, 0.3) is 0 Å². The topological polar surface area (TPSA) is 72.2 Å². The van der Waals surface area contributed by atoms with Crippen molar-refractivity contribution in [3.05, 3.63) is 29.8 Å². The summed E-state index contributed by atoms with van der Waals surface area (Å²) >= 11 is 0. The van der Waals surface area contributed by atoms with Crippen LogP contribution in [0.1, 0.15) is 38.2 Å². The molecule has 4 nitrogen and oxygen atoms in total. The predicted octanol–water partition coefficient (Wildman–Crippen LogP) is 2.51. The number of nitrogen functional groups attached to an aromatic ring is 1. The predicted molar refractivity (Wildman–Crippen MR) is 82.6 cm³/mol. The standard InChI is InChI=1S/C15H24N2O2S/c1-12-3-2-4-14(9-12)10-17-20(18,19)11-13-5-7-15(16)8-6-13/h5-8,12,14,17H,2-4,9-11,16H2,1H3. The van der Waals surface area contributed by atoms with Crippen LogP contribution in [0.3, 0.4) is 0 Å². The number of nitrogens with two attached hydrogens (primary N) is 1. The monoisotopic (exact) mass is 296 g/mol. The van der Waals surface area contributed by atoms with Crippen LogP contribution >= 0.6 is 0 Å². The van der Waals surface area contributed by atoms with Crippen LogP contribution in [-0.4, -0.2) is 15.0 Å². The van der Waals surface area contributed by atoms with Crippen molar-refractivity contribution in [2.24, 2.45) is 11.8 Å². The number of rotatable bonds is 5. The molecular weight excluding hydrogens is 272 g/mol. The lowest BCUT2D eigenvalue weighted by Gasteiger charge is -2.26. The van der Waals surface area contributed by atoms with Gasteiger partial charge in [0.05, 0.1) is 5.75 Å². The maximum atomic E-state index is 12.1. The molecule has 0 bridgehead atoms. The van der Waals surface area contributed by atoms with Crippen molar-refractivity contribution in [1.82, 2.24) is 4.72 Å². The first-order chi connectivity index (χ1) is 9.44. The SMILES string of the molecule is CC1CCCC(CNS(=O)(=O)Cc2ccc(N)cc2)C1. The quantitative estimate of drug-likeness (QED) is 0.820. The number of nitrogens with one attached hydrogen (secondary N) is 1. The van der Waals surface area contributed by atoms with Crippen LogP contribution in [-0.2, 0) is 15.8 Å². The lowest BCUT2D eigenvalue weighted by atomic mass is 9.83. The lowest BCUT2D eigenvalue weighted by Crippen LogP contribution is -2.32. The summed E-state index contributed by atoms with van der Waals surface area (Å²) in [6.07, 6.45) is 4.75. The van der Waals surface area contributed by atoms with Crippen LogP contribution in [0.15, 0.2) is 24.3 Å². The van der Waals surface area contributed by atoms with Gasteiger partial charge >= 0.3 is 0 Å². The van der Waals surface area contributed by atoms with Crippen molar-refractivity contribution in [1.29, 1.82) is 0 Å². The highest BCUT2D eigenvalue weighted by Gasteiger charge is 2.21. The molecule has 112 valence electrons. The Labute approximate surface area is 121 Å². The summed E-state index contributed by atoms with van der Waals surface area (Å²) in [4.78, 5) is 0. The molecule has 2 unspecified atom stereocenters. The minimum Gasteiger partial charge on any atom is -0.399 e. The van der Waals surface area contributed by atoms with E-state index in [1.165, 1.54) is 12.8 Å². The zero-order valence-electron chi connectivity index (χ0n) is 12.0. The highest BCUT2D eigenvalue weighted by atomic mass is 32.2. The van der Waals surface area contributed by atoms with Crippen LogP contribution in [0.2, 0.25) is 0 Å². The van der Waals surface area contributed by atoms with Gasteiger partial charge in [0.1, 0.15) is 0 Å². The molecule has 1 aromatic carbocycles. The normalized spacial score (nSPS) is 23.6. The van der Waals surface area contributed by atoms with Crippen molar-refractivity contribution in [3.63, 3.8) is 0 Å². The van der Waals surface area contributed by atoms with Gasteiger partial charge in [-0.1, -0.05) is 31.9 Å². The van der Waals surface area contributed by atoms with Crippen molar-refractivity contribution in [2.75, 3.05) is 12.3 Å². The molecular formula is C15H24N2O2S. The second-order valence-electron chi connectivity index (χ2n) is 5.99. The maximum absolute atomic E-state index is 12.1. The Morgan fingerprint density at radius 1 is 1.25 bits per heavy atom. The van der Waals surface area contributed by atoms with Crippen LogP contribution in [0, 0.1) is 11.8 Å². The maximum Gasteiger partial charge on any atom is 0.215 e. The second kappa shape index (κ2) is 6.59. The minimum absolute atomic E-state index is 0.0234. The summed E-state index contributed by atoms with van der Waals surface area (Å²) in [7, 11) is -3.26. The van der Waals surface area contributed by atoms with Crippen molar-refractivity contribution < 1.29 is 8.42 Å². The Balaban J connectivity index is 1.86. The highest BCUT2D eigenvalue weighted by molar-refractivity contribution is 7.88. The molecule has 0 spiro atoms. The summed E-state index contributed by atoms with van der Waals surface area (Å²) in [6.45, 7) is 2.82. The van der Waals surface area contributed by atoms with Gasteiger partial charge < -0.3 is 5.73 Å². The zero-order valence-corrected chi connectivity index (χ0v) is 12.8. The average molecular weight is 296 g/mol. The van der Waals surface area contributed by atoms with Gasteiger partial charge in [-0.2, -0.15) is 0 Å². The molecule has 0 aromatic heterocycles. The molecule has 2 atom stereocenters. The Morgan fingerprint density at radius 3 is 2.60 bits per heavy atom. The van der Waals surface area contributed by atoms with E-state index >= 15 is 0 Å². The van der Waals surface area contributed by atoms with E-state index in [-0.39, 0.29) is 5.75 Å². The molecule has 2 rings (SSSR count). The molecule has 1 aromatic rings. The fourth-order valence-corrected chi connectivity index (χ4v) is 4.10. The number of hydrogen-bond acceptors (Lipinski definition) is 3. The molecule has 1 fully saturated rings. The van der Waals surface area contributed by atoms with E-state index in [1.807, 2.05) is 0 Å². The van der Waals surface area contributed by atoms with E-state index in [1.54, 1.807) is 24.3 Å². The molecule has 0 heterocycles. The molecule has 5 heteroatoms. The van der Waals surface area contributed by atoms with E-state index in [2.05, 4.69) is 11.6 Å². The second-order valence-corrected chi connectivity index (χ2v) is 7.79. The van der Waals surface area contributed by atoms with Crippen LogP contribution in [0.4, 0.5) is 5.69 Å². The molecule has 1 aliphatic carbocycles. The molecule has 1 aliphatic rings. The van der Waals surface area contributed by atoms with Gasteiger partial charge in [0.2, 0.25) is 10.0 Å². The van der Waals surface area contributed by atoms with Crippen molar-refractivity contribution in [3.8, 4) is 0 Å². The van der Waals surface area contributed by atoms with E-state index < -0.39 is 10.0 Å². The van der Waals surface area contributed by atoms with E-state index in [0.717, 1.165) is 24.3 Å². The van der Waals surface area contributed by atoms with Gasteiger partial charge in [-0.15, -0.1) is 0 Å². The van der Waals surface area contributed by atoms with Gasteiger partial charge in [0.15, 0.2) is 0 Å². The van der Waals surface area contributed by atoms with Crippen molar-refractivity contribution in [2.45, 2.75) is 38.4 Å². The molecule has 1 saturated carbocycles. The largest absolute Gasteiger partial charge is 0.399 e. The fraction of sp³-hybridized carbons (Fsp3) is 0.600. The molecule has 3 N–H and O–H groups in total. The summed E-state index contributed by atoms with van der Waals surface area (Å²) < 4.78 is 26.9. The molecule has 20 heavy (non-hydrogen) atoms.